The number of fused-ring (bicyclic) bond motifs is 5. The molecule has 0 saturated heterocycles. The van der Waals surface area contributed by atoms with Gasteiger partial charge in [-0.2, -0.15) is 0 Å². The van der Waals surface area contributed by atoms with Crippen LogP contribution >= 0.6 is 7.92 Å². The van der Waals surface area contributed by atoms with Crippen molar-refractivity contribution in [3.63, 3.8) is 0 Å². The first-order chi connectivity index (χ1) is 20.8. The normalized spacial score (nSPS) is 13.5. The van der Waals surface area contributed by atoms with E-state index in [1.165, 1.54) is 10.6 Å². The third-order valence-electron chi connectivity index (χ3n) is 7.01. The van der Waals surface area contributed by atoms with E-state index in [0.717, 1.165) is 56.3 Å². The van der Waals surface area contributed by atoms with Gasteiger partial charge in [0, 0.05) is 43.1 Å². The Morgan fingerprint density at radius 1 is 0.628 bits per heavy atom. The van der Waals surface area contributed by atoms with E-state index < -0.39 is 7.92 Å². The van der Waals surface area contributed by atoms with E-state index in [1.807, 2.05) is 91.0 Å². The molecular weight excluding hydrogens is 732 g/mol. The summed E-state index contributed by atoms with van der Waals surface area (Å²) in [5, 5.41) is 3.54. The van der Waals surface area contributed by atoms with Gasteiger partial charge >= 0.3 is 0 Å². The van der Waals surface area contributed by atoms with Crippen LogP contribution in [0.3, 0.4) is 0 Å². The van der Waals surface area contributed by atoms with E-state index in [9.17, 15) is 0 Å². The summed E-state index contributed by atoms with van der Waals surface area (Å²) in [5.74, 6) is 4.08. The summed E-state index contributed by atoms with van der Waals surface area (Å²) in [6.07, 6.45) is 3.53. The zero-order valence-corrected chi connectivity index (χ0v) is 25.8. The molecule has 1 unspecified atom stereocenters. The molecule has 9 rings (SSSR count). The first-order valence-electron chi connectivity index (χ1n) is 13.5. The third kappa shape index (κ3) is 5.02. The second kappa shape index (κ2) is 11.5. The maximum absolute atomic E-state index is 6.29. The summed E-state index contributed by atoms with van der Waals surface area (Å²) in [6, 6.07) is 41.4. The van der Waals surface area contributed by atoms with Crippen molar-refractivity contribution in [1.29, 1.82) is 0 Å². The van der Waals surface area contributed by atoms with Gasteiger partial charge in [0.1, 0.15) is 11.5 Å². The van der Waals surface area contributed by atoms with Crippen LogP contribution in [0.5, 0.6) is 23.0 Å². The second-order valence-corrected chi connectivity index (χ2v) is 11.7. The van der Waals surface area contributed by atoms with Crippen LogP contribution < -0.4 is 30.4 Å². The maximum atomic E-state index is 6.29. The first-order valence-corrected chi connectivity index (χ1v) is 14.8. The Kier molecular flexibility index (Phi) is 7.30. The van der Waals surface area contributed by atoms with Crippen molar-refractivity contribution in [1.82, 2.24) is 19.9 Å². The molecule has 4 aromatic carbocycles. The molecule has 7 aromatic rings. The van der Waals surface area contributed by atoms with Crippen molar-refractivity contribution in [3.8, 4) is 45.8 Å². The van der Waals surface area contributed by atoms with Crippen LogP contribution in [0.1, 0.15) is 0 Å². The molecule has 43 heavy (non-hydrogen) atoms. The minimum Gasteiger partial charge on any atom is -0.476 e. The monoisotopic (exact) mass is 753 g/mol. The molecule has 0 bridgehead atoms. The van der Waals surface area contributed by atoms with E-state index in [-0.39, 0.29) is 20.1 Å². The van der Waals surface area contributed by atoms with Gasteiger partial charge in [0.15, 0.2) is 0 Å². The Hall–Kier alpha value is -4.67. The maximum Gasteiger partial charge on any atom is 0.132 e. The van der Waals surface area contributed by atoms with E-state index in [0.29, 0.717) is 5.82 Å². The Morgan fingerprint density at radius 2 is 1.26 bits per heavy atom. The van der Waals surface area contributed by atoms with Gasteiger partial charge in [0.25, 0.3) is 0 Å². The summed E-state index contributed by atoms with van der Waals surface area (Å²) in [7, 11) is -0.734. The zero-order chi connectivity index (χ0) is 27.9. The number of imidazole rings is 1. The van der Waals surface area contributed by atoms with Gasteiger partial charge in [-0.1, -0.05) is 91.0 Å². The van der Waals surface area contributed by atoms with Gasteiger partial charge in [-0.05, 0) is 66.1 Å². The molecule has 0 amide bonds. The predicted octanol–water partition coefficient (Wildman–Crippen LogP) is 6.77. The van der Waals surface area contributed by atoms with Crippen molar-refractivity contribution < 1.29 is 29.6 Å². The Labute approximate surface area is 262 Å². The van der Waals surface area contributed by atoms with Crippen LogP contribution in [0.4, 0.5) is 0 Å². The average Bonchev–Trinajstić information content (AvgIpc) is 3.50. The van der Waals surface area contributed by atoms with E-state index in [1.54, 1.807) is 12.4 Å². The van der Waals surface area contributed by atoms with Crippen LogP contribution in [0.25, 0.3) is 33.8 Å². The summed E-state index contributed by atoms with van der Waals surface area (Å²) >= 11 is 0. The Bertz CT molecular complexity index is 1960. The number of benzene rings is 4. The van der Waals surface area contributed by atoms with Crippen molar-refractivity contribution in [2.75, 3.05) is 0 Å². The number of para-hydroxylation sites is 4. The molecule has 1 radical (unpaired) electrons. The molecule has 2 aliphatic heterocycles. The number of pyridine rings is 2. The van der Waals surface area contributed by atoms with E-state index in [4.69, 9.17) is 9.47 Å². The molecule has 0 N–H and O–H groups in total. The fraction of sp³-hybridized carbons (Fsp3) is 0. The van der Waals surface area contributed by atoms with Gasteiger partial charge in [0.05, 0.1) is 17.2 Å². The molecule has 0 spiro atoms. The Balaban J connectivity index is 0.000000160. The molecule has 5 heterocycles. The summed E-state index contributed by atoms with van der Waals surface area (Å²) in [4.78, 5) is 17.5. The average molecular weight is 753 g/mol. The molecule has 3 aromatic heterocycles. The van der Waals surface area contributed by atoms with Crippen LogP contribution in [-0.2, 0) is 20.1 Å². The van der Waals surface area contributed by atoms with Crippen molar-refractivity contribution in [2.45, 2.75) is 0 Å². The summed E-state index contributed by atoms with van der Waals surface area (Å²) in [6.45, 7) is 0. The zero-order valence-electron chi connectivity index (χ0n) is 22.5. The van der Waals surface area contributed by atoms with Gasteiger partial charge in [-0.15, -0.1) is 5.56 Å². The molecule has 0 aliphatic carbocycles. The number of nitrogens with zero attached hydrogens (tertiary/aromatic N) is 4. The molecule has 6 nitrogen and oxygen atoms in total. The van der Waals surface area contributed by atoms with E-state index in [2.05, 4.69) is 50.3 Å². The molecule has 2 aliphatic rings. The minimum absolute atomic E-state index is 0. The third-order valence-corrected chi connectivity index (χ3v) is 9.58. The van der Waals surface area contributed by atoms with Gasteiger partial charge in [-0.25, -0.2) is 0 Å². The number of ether oxygens (including phenoxy) is 2. The van der Waals surface area contributed by atoms with E-state index >= 15 is 0 Å². The minimum atomic E-state index is -0.734. The number of hydrogen-bond acceptors (Lipinski definition) is 5. The second-order valence-electron chi connectivity index (χ2n) is 9.67. The van der Waals surface area contributed by atoms with Crippen molar-refractivity contribution in [3.05, 3.63) is 134 Å². The number of aromatic nitrogens is 4. The fourth-order valence-corrected chi connectivity index (χ4v) is 7.65. The molecule has 0 fully saturated rings. The van der Waals surface area contributed by atoms with Gasteiger partial charge < -0.3 is 24.4 Å². The van der Waals surface area contributed by atoms with Gasteiger partial charge in [0.2, 0.25) is 0 Å². The van der Waals surface area contributed by atoms with Crippen LogP contribution in [-0.4, -0.2) is 15.0 Å². The summed E-state index contributed by atoms with van der Waals surface area (Å²) < 4.78 is 12.5. The van der Waals surface area contributed by atoms with Crippen molar-refractivity contribution in [2.24, 2.45) is 0 Å². The van der Waals surface area contributed by atoms with Crippen LogP contribution in [0, 0.1) is 6.07 Å². The molecule has 1 atom stereocenters. The summed E-state index contributed by atoms with van der Waals surface area (Å²) in [5.41, 5.74) is 4.37. The number of hydrogen-bond donors (Lipinski definition) is 0. The molecular formula is C35H21IrN4O2P-2. The Morgan fingerprint density at radius 3 is 1.95 bits per heavy atom. The SMILES string of the molecule is [Ir].[c-]1c(-c2ccccn2)cc2c3c1Oc1ccccc1P3c1ccccc1O2.c1ccc(-c2nc3ccccc3[n-]2)nc1. The number of rotatable bonds is 2. The van der Waals surface area contributed by atoms with Crippen LogP contribution in [0.15, 0.2) is 128 Å². The fourth-order valence-electron chi connectivity index (χ4n) is 5.12. The van der Waals surface area contributed by atoms with Crippen molar-refractivity contribution >= 4 is 34.9 Å². The van der Waals surface area contributed by atoms with Crippen LogP contribution in [0.2, 0.25) is 0 Å². The quantitative estimate of drug-likeness (QED) is 0.144. The smallest absolute Gasteiger partial charge is 0.132 e. The first kappa shape index (κ1) is 27.2. The van der Waals surface area contributed by atoms with Gasteiger partial charge in [-0.3, -0.25) is 4.98 Å². The predicted molar refractivity (Wildman–Crippen MR) is 166 cm³/mol. The molecule has 0 saturated carbocycles. The standard InChI is InChI=1S/C23H13NO2P.C12H8N3.Ir/c1-3-10-21-17(8-1)25-19-13-15(16-7-5-6-12-24-16)14-20-23(19)27(21)22-11-4-2-9-18(22)26-20;1-2-6-10-9(5-1)14-12(15-10)11-7-3-4-8-13-11;/h1-13H;1-8H;/q2*-1;. The topological polar surface area (TPSA) is 71.2 Å². The molecule has 8 heteroatoms. The molecule has 209 valence electrons. The largest absolute Gasteiger partial charge is 0.476 e.